The van der Waals surface area contributed by atoms with Gasteiger partial charge < -0.3 is 19.9 Å². The fourth-order valence-corrected chi connectivity index (χ4v) is 2.07. The first-order valence-electron chi connectivity index (χ1n) is 8.92. The molecule has 0 saturated carbocycles. The van der Waals surface area contributed by atoms with Gasteiger partial charge in [0.2, 0.25) is 0 Å². The number of aryl methyl sites for hydroxylation is 1. The minimum Gasteiger partial charge on any atom is -0.480 e. The highest BCUT2D eigenvalue weighted by molar-refractivity contribution is 5.84. The number of nitrogens with zero attached hydrogens (tertiary/aromatic N) is 1. The lowest BCUT2D eigenvalue weighted by molar-refractivity contribution is -0.139. The molecule has 156 valence electrons. The van der Waals surface area contributed by atoms with Crippen molar-refractivity contribution in [1.82, 2.24) is 10.3 Å². The number of carboxylic acid groups (broad SMARTS) is 1. The molecule has 0 aliphatic rings. The smallest absolute Gasteiger partial charge is 0.412 e. The van der Waals surface area contributed by atoms with Crippen molar-refractivity contribution in [3.05, 3.63) is 24.0 Å². The van der Waals surface area contributed by atoms with Crippen LogP contribution in [0, 0.1) is 0 Å². The summed E-state index contributed by atoms with van der Waals surface area (Å²) in [6.07, 6.45) is 0.537. The quantitative estimate of drug-likeness (QED) is 0.674. The number of ether oxygens (including phenoxy) is 2. The summed E-state index contributed by atoms with van der Waals surface area (Å²) in [4.78, 5) is 39.0. The Morgan fingerprint density at radius 3 is 2.07 bits per heavy atom. The molecule has 0 aromatic carbocycles. The van der Waals surface area contributed by atoms with Crippen molar-refractivity contribution in [2.75, 3.05) is 5.32 Å². The van der Waals surface area contributed by atoms with E-state index in [2.05, 4.69) is 15.6 Å². The lowest BCUT2D eigenvalue weighted by Gasteiger charge is -2.22. The van der Waals surface area contributed by atoms with Gasteiger partial charge in [0.15, 0.2) is 0 Å². The Labute approximate surface area is 164 Å². The molecule has 1 unspecified atom stereocenters. The summed E-state index contributed by atoms with van der Waals surface area (Å²) in [6, 6.07) is 2.21. The number of carboxylic acids is 1. The number of hydrogen-bond acceptors (Lipinski definition) is 6. The molecular formula is C19H29N3O6. The molecule has 0 aliphatic heterocycles. The van der Waals surface area contributed by atoms with Crippen LogP contribution in [-0.4, -0.2) is 45.5 Å². The van der Waals surface area contributed by atoms with Crippen LogP contribution in [-0.2, 0) is 20.7 Å². The molecule has 3 N–H and O–H groups in total. The van der Waals surface area contributed by atoms with Gasteiger partial charge >= 0.3 is 18.2 Å². The maximum Gasteiger partial charge on any atom is 0.412 e. The number of hydrogen-bond donors (Lipinski definition) is 3. The second kappa shape index (κ2) is 9.38. The van der Waals surface area contributed by atoms with Gasteiger partial charge in [0.25, 0.3) is 0 Å². The Morgan fingerprint density at radius 2 is 1.61 bits per heavy atom. The molecule has 1 atom stereocenters. The molecule has 9 heteroatoms. The molecule has 1 aromatic rings. The Bertz CT molecular complexity index is 689. The van der Waals surface area contributed by atoms with Crippen LogP contribution in [0.2, 0.25) is 0 Å². The van der Waals surface area contributed by atoms with E-state index < -0.39 is 35.4 Å². The minimum atomic E-state index is -1.16. The number of amides is 2. The van der Waals surface area contributed by atoms with Gasteiger partial charge in [-0.3, -0.25) is 10.3 Å². The fourth-order valence-electron chi connectivity index (χ4n) is 2.07. The summed E-state index contributed by atoms with van der Waals surface area (Å²) >= 11 is 0. The Hall–Kier alpha value is -2.84. The first-order valence-corrected chi connectivity index (χ1v) is 8.92. The van der Waals surface area contributed by atoms with Gasteiger partial charge in [-0.25, -0.2) is 14.4 Å². The van der Waals surface area contributed by atoms with Crippen molar-refractivity contribution in [2.45, 2.75) is 71.6 Å². The number of aliphatic carboxylic acids is 1. The van der Waals surface area contributed by atoms with E-state index in [4.69, 9.17) is 9.47 Å². The van der Waals surface area contributed by atoms with Crippen molar-refractivity contribution >= 4 is 23.8 Å². The summed E-state index contributed by atoms with van der Waals surface area (Å²) in [7, 11) is 0. The predicted molar refractivity (Wildman–Crippen MR) is 103 cm³/mol. The van der Waals surface area contributed by atoms with Gasteiger partial charge in [-0.05, 0) is 66.5 Å². The van der Waals surface area contributed by atoms with E-state index in [-0.39, 0.29) is 6.42 Å². The second-order valence-corrected chi connectivity index (χ2v) is 8.24. The van der Waals surface area contributed by atoms with Crippen LogP contribution < -0.4 is 10.6 Å². The van der Waals surface area contributed by atoms with E-state index in [1.54, 1.807) is 53.7 Å². The number of alkyl carbamates (subject to hydrolysis) is 1. The van der Waals surface area contributed by atoms with Gasteiger partial charge in [0, 0.05) is 5.69 Å². The van der Waals surface area contributed by atoms with Gasteiger partial charge in [-0.15, -0.1) is 0 Å². The van der Waals surface area contributed by atoms with Crippen LogP contribution >= 0.6 is 0 Å². The van der Waals surface area contributed by atoms with Gasteiger partial charge in [0.05, 0.1) is 11.9 Å². The predicted octanol–water partition coefficient (Wildman–Crippen LogP) is 3.34. The highest BCUT2D eigenvalue weighted by Crippen LogP contribution is 2.13. The van der Waals surface area contributed by atoms with Crippen LogP contribution in [0.5, 0.6) is 0 Å². The normalized spacial score (nSPS) is 12.6. The zero-order chi connectivity index (χ0) is 21.5. The SMILES string of the molecule is CC(C)(C)OC(=O)Nc1ccc(CCC(NC(=O)OC(C)(C)C)C(=O)O)nc1. The summed E-state index contributed by atoms with van der Waals surface area (Å²) < 4.78 is 10.2. The zero-order valence-corrected chi connectivity index (χ0v) is 17.2. The number of carbonyl (C=O) groups is 3. The molecule has 0 bridgehead atoms. The topological polar surface area (TPSA) is 127 Å². The van der Waals surface area contributed by atoms with E-state index in [1.165, 1.54) is 6.20 Å². The zero-order valence-electron chi connectivity index (χ0n) is 17.2. The number of rotatable bonds is 6. The largest absolute Gasteiger partial charge is 0.480 e. The number of pyridine rings is 1. The van der Waals surface area contributed by atoms with Crippen LogP contribution in [0.3, 0.4) is 0 Å². The molecule has 9 nitrogen and oxygen atoms in total. The summed E-state index contributed by atoms with van der Waals surface area (Å²) in [5, 5.41) is 14.2. The molecule has 1 aromatic heterocycles. The molecule has 28 heavy (non-hydrogen) atoms. The molecule has 2 amide bonds. The highest BCUT2D eigenvalue weighted by Gasteiger charge is 2.24. The Morgan fingerprint density at radius 1 is 1.04 bits per heavy atom. The summed E-state index contributed by atoms with van der Waals surface area (Å²) in [5.41, 5.74) is -0.248. The maximum atomic E-state index is 11.8. The molecule has 0 saturated heterocycles. The minimum absolute atomic E-state index is 0.139. The first-order chi connectivity index (χ1) is 12.7. The third kappa shape index (κ3) is 9.75. The van der Waals surface area contributed by atoms with E-state index >= 15 is 0 Å². The van der Waals surface area contributed by atoms with E-state index in [9.17, 15) is 19.5 Å². The monoisotopic (exact) mass is 395 g/mol. The van der Waals surface area contributed by atoms with Crippen LogP contribution in [0.25, 0.3) is 0 Å². The molecular weight excluding hydrogens is 366 g/mol. The van der Waals surface area contributed by atoms with Crippen LogP contribution in [0.15, 0.2) is 18.3 Å². The standard InChI is InChI=1S/C19H29N3O6/c1-18(2,3)27-16(25)21-13-8-7-12(20-11-13)9-10-14(15(23)24)22-17(26)28-19(4,5)6/h7-8,11,14H,9-10H2,1-6H3,(H,21,25)(H,22,26)(H,23,24). The maximum absolute atomic E-state index is 11.8. The lowest BCUT2D eigenvalue weighted by atomic mass is 10.1. The molecule has 0 spiro atoms. The van der Waals surface area contributed by atoms with Crippen molar-refractivity contribution in [3.8, 4) is 0 Å². The molecule has 0 aliphatic carbocycles. The van der Waals surface area contributed by atoms with Gasteiger partial charge in [-0.1, -0.05) is 0 Å². The number of carbonyl (C=O) groups excluding carboxylic acids is 2. The summed E-state index contributed by atoms with van der Waals surface area (Å²) in [6.45, 7) is 10.4. The van der Waals surface area contributed by atoms with E-state index in [1.807, 2.05) is 0 Å². The van der Waals surface area contributed by atoms with Crippen molar-refractivity contribution < 1.29 is 29.0 Å². The molecule has 1 rings (SSSR count). The average molecular weight is 395 g/mol. The number of anilines is 1. The van der Waals surface area contributed by atoms with Crippen molar-refractivity contribution in [3.63, 3.8) is 0 Å². The lowest BCUT2D eigenvalue weighted by Crippen LogP contribution is -2.43. The second-order valence-electron chi connectivity index (χ2n) is 8.24. The van der Waals surface area contributed by atoms with Gasteiger partial charge in [-0.2, -0.15) is 0 Å². The number of aromatic nitrogens is 1. The summed E-state index contributed by atoms with van der Waals surface area (Å²) in [5.74, 6) is -1.16. The Balaban J connectivity index is 2.59. The average Bonchev–Trinajstić information content (AvgIpc) is 2.48. The van der Waals surface area contributed by atoms with E-state index in [0.717, 1.165) is 0 Å². The van der Waals surface area contributed by atoms with Gasteiger partial charge in [0.1, 0.15) is 17.2 Å². The molecule has 0 radical (unpaired) electrons. The van der Waals surface area contributed by atoms with Crippen molar-refractivity contribution in [1.29, 1.82) is 0 Å². The Kier molecular flexibility index (Phi) is 7.78. The third-order valence-corrected chi connectivity index (χ3v) is 3.15. The van der Waals surface area contributed by atoms with Crippen molar-refractivity contribution in [2.24, 2.45) is 0 Å². The van der Waals surface area contributed by atoms with Crippen LogP contribution in [0.4, 0.5) is 15.3 Å². The fraction of sp³-hybridized carbons (Fsp3) is 0.579. The highest BCUT2D eigenvalue weighted by atomic mass is 16.6. The number of nitrogens with one attached hydrogen (secondary N) is 2. The molecule has 1 heterocycles. The van der Waals surface area contributed by atoms with E-state index in [0.29, 0.717) is 17.8 Å². The molecule has 0 fully saturated rings. The van der Waals surface area contributed by atoms with Crippen LogP contribution in [0.1, 0.15) is 53.7 Å². The first kappa shape index (κ1) is 23.2. The third-order valence-electron chi connectivity index (χ3n) is 3.15.